The molecule has 1 aromatic rings. The number of fused-ring (bicyclic) bond motifs is 1. The zero-order valence-electron chi connectivity index (χ0n) is 11.9. The van der Waals surface area contributed by atoms with Gasteiger partial charge in [0.05, 0.1) is 14.2 Å². The fourth-order valence-electron chi connectivity index (χ4n) is 2.96. The summed E-state index contributed by atoms with van der Waals surface area (Å²) in [5.74, 6) is -1.65. The molecule has 4 nitrogen and oxygen atoms in total. The van der Waals surface area contributed by atoms with E-state index >= 15 is 0 Å². The molecule has 0 saturated carbocycles. The highest BCUT2D eigenvalue weighted by atomic mass is 16.5. The summed E-state index contributed by atoms with van der Waals surface area (Å²) in [5, 5.41) is 0. The van der Waals surface area contributed by atoms with Gasteiger partial charge in [-0.1, -0.05) is 24.3 Å². The Morgan fingerprint density at radius 2 is 1.85 bits per heavy atom. The minimum Gasteiger partial charge on any atom is -0.468 e. The number of hydrogen-bond donors (Lipinski definition) is 0. The Kier molecular flexibility index (Phi) is 4.77. The number of esters is 2. The lowest BCUT2D eigenvalue weighted by atomic mass is 9.78. The van der Waals surface area contributed by atoms with Crippen molar-refractivity contribution >= 4 is 11.9 Å². The second kappa shape index (κ2) is 6.55. The van der Waals surface area contributed by atoms with Gasteiger partial charge in [-0.15, -0.1) is 0 Å². The fraction of sp³-hybridized carbons (Fsp3) is 0.500. The van der Waals surface area contributed by atoms with Crippen LogP contribution in [0, 0.1) is 5.92 Å². The minimum absolute atomic E-state index is 0.211. The highest BCUT2D eigenvalue weighted by molar-refractivity contribution is 5.94. The Morgan fingerprint density at radius 1 is 1.20 bits per heavy atom. The standard InChI is InChI=1S/C16H20O4/c1-19-15(17)14(16(18)20-2)10-12-8-5-7-11-6-3-4-9-13(11)12/h3-4,6,9,12,14H,5,7-8,10H2,1-2H3. The highest BCUT2D eigenvalue weighted by Crippen LogP contribution is 2.36. The van der Waals surface area contributed by atoms with Crippen LogP contribution in [0.1, 0.15) is 36.3 Å². The van der Waals surface area contributed by atoms with Crippen molar-refractivity contribution in [1.29, 1.82) is 0 Å². The van der Waals surface area contributed by atoms with Gasteiger partial charge in [0.25, 0.3) is 0 Å². The Morgan fingerprint density at radius 3 is 2.50 bits per heavy atom. The Bertz CT molecular complexity index is 479. The predicted molar refractivity (Wildman–Crippen MR) is 74.3 cm³/mol. The molecule has 0 aromatic heterocycles. The molecule has 0 spiro atoms. The van der Waals surface area contributed by atoms with E-state index in [1.807, 2.05) is 12.1 Å². The lowest BCUT2D eigenvalue weighted by Crippen LogP contribution is -2.29. The quantitative estimate of drug-likeness (QED) is 0.626. The van der Waals surface area contributed by atoms with E-state index in [1.165, 1.54) is 25.3 Å². The fourth-order valence-corrected chi connectivity index (χ4v) is 2.96. The first kappa shape index (κ1) is 14.6. The number of hydrogen-bond acceptors (Lipinski definition) is 4. The molecule has 1 atom stereocenters. The van der Waals surface area contributed by atoms with E-state index in [0.29, 0.717) is 6.42 Å². The molecule has 0 saturated heterocycles. The second-order valence-corrected chi connectivity index (χ2v) is 5.12. The summed E-state index contributed by atoms with van der Waals surface area (Å²) in [6.07, 6.45) is 3.59. The van der Waals surface area contributed by atoms with Crippen LogP contribution in [0.25, 0.3) is 0 Å². The molecule has 2 rings (SSSR count). The number of carbonyl (C=O) groups is 2. The lowest BCUT2D eigenvalue weighted by molar-refractivity contribution is -0.159. The van der Waals surface area contributed by atoms with Crippen molar-refractivity contribution < 1.29 is 19.1 Å². The first-order valence-electron chi connectivity index (χ1n) is 6.90. The van der Waals surface area contributed by atoms with Crippen molar-refractivity contribution in [1.82, 2.24) is 0 Å². The van der Waals surface area contributed by atoms with Gasteiger partial charge in [-0.3, -0.25) is 9.59 Å². The van der Waals surface area contributed by atoms with Crippen LogP contribution in [0.3, 0.4) is 0 Å². The smallest absolute Gasteiger partial charge is 0.320 e. The summed E-state index contributed by atoms with van der Waals surface area (Å²) in [7, 11) is 2.60. The second-order valence-electron chi connectivity index (χ2n) is 5.12. The highest BCUT2D eigenvalue weighted by Gasteiger charge is 2.33. The first-order valence-corrected chi connectivity index (χ1v) is 6.90. The van der Waals surface area contributed by atoms with Crippen LogP contribution in [0.15, 0.2) is 24.3 Å². The van der Waals surface area contributed by atoms with E-state index in [0.717, 1.165) is 19.3 Å². The third kappa shape index (κ3) is 3.00. The third-order valence-electron chi connectivity index (χ3n) is 3.99. The van der Waals surface area contributed by atoms with Crippen molar-refractivity contribution in [2.24, 2.45) is 5.92 Å². The lowest BCUT2D eigenvalue weighted by Gasteiger charge is -2.27. The van der Waals surface area contributed by atoms with Crippen molar-refractivity contribution in [3.05, 3.63) is 35.4 Å². The minimum atomic E-state index is -0.832. The van der Waals surface area contributed by atoms with Gasteiger partial charge in [-0.25, -0.2) is 0 Å². The van der Waals surface area contributed by atoms with E-state index in [1.54, 1.807) is 0 Å². The maximum Gasteiger partial charge on any atom is 0.320 e. The third-order valence-corrected chi connectivity index (χ3v) is 3.99. The molecule has 20 heavy (non-hydrogen) atoms. The predicted octanol–water partition coefficient (Wildman–Crippen LogP) is 2.46. The molecular formula is C16H20O4. The summed E-state index contributed by atoms with van der Waals surface area (Å²) >= 11 is 0. The van der Waals surface area contributed by atoms with E-state index in [9.17, 15) is 9.59 Å². The van der Waals surface area contributed by atoms with Crippen LogP contribution >= 0.6 is 0 Å². The van der Waals surface area contributed by atoms with Gasteiger partial charge in [0.15, 0.2) is 5.92 Å². The van der Waals surface area contributed by atoms with Gasteiger partial charge in [-0.2, -0.15) is 0 Å². The van der Waals surface area contributed by atoms with Crippen molar-refractivity contribution in [2.45, 2.75) is 31.6 Å². The summed E-state index contributed by atoms with van der Waals surface area (Å²) in [6.45, 7) is 0. The van der Waals surface area contributed by atoms with E-state index in [4.69, 9.17) is 9.47 Å². The molecular weight excluding hydrogens is 256 g/mol. The van der Waals surface area contributed by atoms with Gasteiger partial charge in [0, 0.05) is 0 Å². The average Bonchev–Trinajstić information content (AvgIpc) is 2.51. The number of carbonyl (C=O) groups excluding carboxylic acids is 2. The molecule has 0 N–H and O–H groups in total. The van der Waals surface area contributed by atoms with E-state index in [2.05, 4.69) is 12.1 Å². The number of ether oxygens (including phenoxy) is 2. The number of rotatable bonds is 4. The molecule has 0 aliphatic heterocycles. The molecule has 0 heterocycles. The largest absolute Gasteiger partial charge is 0.468 e. The SMILES string of the molecule is COC(=O)C(CC1CCCc2ccccc21)C(=O)OC. The van der Waals surface area contributed by atoms with Crippen LogP contribution < -0.4 is 0 Å². The molecule has 0 bridgehead atoms. The molecule has 0 amide bonds. The summed E-state index contributed by atoms with van der Waals surface area (Å²) < 4.78 is 9.45. The zero-order chi connectivity index (χ0) is 14.5. The van der Waals surface area contributed by atoms with E-state index in [-0.39, 0.29) is 5.92 Å². The Balaban J connectivity index is 2.19. The summed E-state index contributed by atoms with van der Waals surface area (Å²) in [5.41, 5.74) is 2.56. The topological polar surface area (TPSA) is 52.6 Å². The van der Waals surface area contributed by atoms with Crippen molar-refractivity contribution in [3.63, 3.8) is 0 Å². The number of benzene rings is 1. The molecule has 0 fully saturated rings. The molecule has 1 unspecified atom stereocenters. The Labute approximate surface area is 119 Å². The van der Waals surface area contributed by atoms with Crippen molar-refractivity contribution in [3.8, 4) is 0 Å². The van der Waals surface area contributed by atoms with Crippen molar-refractivity contribution in [2.75, 3.05) is 14.2 Å². The van der Waals surface area contributed by atoms with Gasteiger partial charge in [0.1, 0.15) is 0 Å². The van der Waals surface area contributed by atoms with Crippen LogP contribution in [0.2, 0.25) is 0 Å². The molecule has 4 heteroatoms. The monoisotopic (exact) mass is 276 g/mol. The first-order chi connectivity index (χ1) is 9.67. The van der Waals surface area contributed by atoms with Gasteiger partial charge >= 0.3 is 11.9 Å². The summed E-state index contributed by atoms with van der Waals surface area (Å²) in [6, 6.07) is 8.24. The number of methoxy groups -OCH3 is 2. The Hall–Kier alpha value is -1.84. The van der Waals surface area contributed by atoms with Gasteiger partial charge < -0.3 is 9.47 Å². The maximum absolute atomic E-state index is 11.8. The van der Waals surface area contributed by atoms with Crippen LogP contribution in [0.5, 0.6) is 0 Å². The molecule has 0 radical (unpaired) electrons. The number of aryl methyl sites for hydroxylation is 1. The maximum atomic E-state index is 11.8. The molecule has 108 valence electrons. The van der Waals surface area contributed by atoms with Crippen LogP contribution in [0.4, 0.5) is 0 Å². The molecule has 1 aromatic carbocycles. The van der Waals surface area contributed by atoms with E-state index < -0.39 is 17.9 Å². The zero-order valence-corrected chi connectivity index (χ0v) is 11.9. The summed E-state index contributed by atoms with van der Waals surface area (Å²) in [4.78, 5) is 23.5. The van der Waals surface area contributed by atoms with Crippen LogP contribution in [-0.2, 0) is 25.5 Å². The van der Waals surface area contributed by atoms with Gasteiger partial charge in [0.2, 0.25) is 0 Å². The average molecular weight is 276 g/mol. The van der Waals surface area contributed by atoms with Crippen LogP contribution in [-0.4, -0.2) is 26.2 Å². The van der Waals surface area contributed by atoms with Gasteiger partial charge in [-0.05, 0) is 42.7 Å². The molecule has 1 aliphatic carbocycles. The molecule has 1 aliphatic rings. The normalized spacial score (nSPS) is 17.4.